The highest BCUT2D eigenvalue weighted by molar-refractivity contribution is 7.09. The van der Waals surface area contributed by atoms with Crippen molar-refractivity contribution in [1.82, 2.24) is 9.55 Å². The number of aryl methyl sites for hydroxylation is 3. The molecule has 0 N–H and O–H groups in total. The predicted octanol–water partition coefficient (Wildman–Crippen LogP) is 5.77. The van der Waals surface area contributed by atoms with Crippen molar-refractivity contribution < 1.29 is 4.74 Å². The van der Waals surface area contributed by atoms with Gasteiger partial charge in [0.2, 0.25) is 0 Å². The third-order valence-corrected chi connectivity index (χ3v) is 5.65. The third-order valence-electron chi connectivity index (χ3n) is 4.77. The number of benzene rings is 2. The smallest absolute Gasteiger partial charge is 0.122 e. The summed E-state index contributed by atoms with van der Waals surface area (Å²) in [4.78, 5) is 6.22. The lowest BCUT2D eigenvalue weighted by Gasteiger charge is -2.12. The molecule has 0 saturated carbocycles. The van der Waals surface area contributed by atoms with Crippen LogP contribution in [0.4, 0.5) is 0 Å². The summed E-state index contributed by atoms with van der Waals surface area (Å²) in [6.45, 7) is 5.80. The first-order valence-corrected chi connectivity index (χ1v) is 10.3. The van der Waals surface area contributed by atoms with Gasteiger partial charge in [-0.05, 0) is 61.0 Å². The molecule has 4 aromatic rings. The Labute approximate surface area is 164 Å². The molecule has 4 heteroatoms. The number of hydrogen-bond acceptors (Lipinski definition) is 3. The molecule has 138 valence electrons. The van der Waals surface area contributed by atoms with E-state index in [9.17, 15) is 0 Å². The molecule has 0 bridgehead atoms. The van der Waals surface area contributed by atoms with Gasteiger partial charge < -0.3 is 9.30 Å². The minimum Gasteiger partial charge on any atom is -0.493 e. The first-order chi connectivity index (χ1) is 13.2. The summed E-state index contributed by atoms with van der Waals surface area (Å²) in [6.07, 6.45) is 1.83. The highest BCUT2D eigenvalue weighted by Crippen LogP contribution is 2.22. The Kier molecular flexibility index (Phi) is 5.26. The van der Waals surface area contributed by atoms with Gasteiger partial charge in [-0.1, -0.05) is 30.3 Å². The fraction of sp³-hybridized carbons (Fsp3) is 0.261. The lowest BCUT2D eigenvalue weighted by Crippen LogP contribution is -2.08. The molecule has 0 fully saturated rings. The summed E-state index contributed by atoms with van der Waals surface area (Å²) in [5.74, 6) is 2.12. The number of hydrogen-bond donors (Lipinski definition) is 0. The molecule has 0 amide bonds. The van der Waals surface area contributed by atoms with Crippen LogP contribution in [0.1, 0.15) is 28.2 Å². The zero-order valence-corrected chi connectivity index (χ0v) is 16.6. The van der Waals surface area contributed by atoms with Gasteiger partial charge in [0.15, 0.2) is 0 Å². The van der Waals surface area contributed by atoms with Gasteiger partial charge in [0, 0.05) is 17.8 Å². The lowest BCUT2D eigenvalue weighted by atomic mass is 10.1. The topological polar surface area (TPSA) is 27.1 Å². The van der Waals surface area contributed by atoms with Crippen molar-refractivity contribution in [3.05, 3.63) is 81.8 Å². The SMILES string of the molecule is Cc1ccc(C)c(OCCCn2c(Cc3cccs3)nc3ccccc32)c1. The largest absolute Gasteiger partial charge is 0.493 e. The van der Waals surface area contributed by atoms with Gasteiger partial charge in [0.05, 0.1) is 17.6 Å². The molecule has 0 spiro atoms. The summed E-state index contributed by atoms with van der Waals surface area (Å²) in [5.41, 5.74) is 4.69. The van der Waals surface area contributed by atoms with Crippen LogP contribution in [0.25, 0.3) is 11.0 Å². The Hall–Kier alpha value is -2.59. The summed E-state index contributed by atoms with van der Waals surface area (Å²) in [6, 6.07) is 19.0. The van der Waals surface area contributed by atoms with Crippen LogP contribution in [0.3, 0.4) is 0 Å². The number of nitrogens with zero attached hydrogens (tertiary/aromatic N) is 2. The summed E-state index contributed by atoms with van der Waals surface area (Å²) in [7, 11) is 0. The van der Waals surface area contributed by atoms with E-state index in [2.05, 4.69) is 78.4 Å². The minimum atomic E-state index is 0.704. The molecule has 0 atom stereocenters. The Morgan fingerprint density at radius 2 is 1.93 bits per heavy atom. The lowest BCUT2D eigenvalue weighted by molar-refractivity contribution is 0.300. The molecule has 0 aliphatic heterocycles. The second-order valence-electron chi connectivity index (χ2n) is 6.90. The van der Waals surface area contributed by atoms with E-state index in [1.807, 2.05) is 0 Å². The first-order valence-electron chi connectivity index (χ1n) is 9.37. The van der Waals surface area contributed by atoms with Crippen LogP contribution in [0.5, 0.6) is 5.75 Å². The molecule has 0 saturated heterocycles. The van der Waals surface area contributed by atoms with E-state index in [-0.39, 0.29) is 0 Å². The summed E-state index contributed by atoms with van der Waals surface area (Å²) < 4.78 is 8.39. The van der Waals surface area contributed by atoms with E-state index in [4.69, 9.17) is 9.72 Å². The van der Waals surface area contributed by atoms with E-state index in [1.54, 1.807) is 11.3 Å². The summed E-state index contributed by atoms with van der Waals surface area (Å²) in [5, 5.41) is 2.13. The third kappa shape index (κ3) is 4.06. The fourth-order valence-corrected chi connectivity index (χ4v) is 4.05. The average molecular weight is 377 g/mol. The first kappa shape index (κ1) is 17.8. The van der Waals surface area contributed by atoms with Crippen molar-refractivity contribution in [2.45, 2.75) is 33.2 Å². The van der Waals surface area contributed by atoms with Gasteiger partial charge in [-0.2, -0.15) is 0 Å². The Morgan fingerprint density at radius 3 is 2.78 bits per heavy atom. The molecule has 4 rings (SSSR count). The normalized spacial score (nSPS) is 11.2. The molecule has 2 aromatic carbocycles. The second-order valence-corrected chi connectivity index (χ2v) is 7.93. The molecule has 3 nitrogen and oxygen atoms in total. The number of ether oxygens (including phenoxy) is 1. The van der Waals surface area contributed by atoms with Crippen LogP contribution < -0.4 is 4.74 Å². The van der Waals surface area contributed by atoms with E-state index < -0.39 is 0 Å². The van der Waals surface area contributed by atoms with Gasteiger partial charge >= 0.3 is 0 Å². The quantitative estimate of drug-likeness (QED) is 0.383. The number of rotatable bonds is 7. The van der Waals surface area contributed by atoms with Crippen LogP contribution in [0, 0.1) is 13.8 Å². The molecule has 0 aliphatic rings. The molecule has 2 aromatic heterocycles. The van der Waals surface area contributed by atoms with Crippen molar-refractivity contribution >= 4 is 22.4 Å². The number of thiophene rings is 1. The predicted molar refractivity (Wildman–Crippen MR) is 113 cm³/mol. The Balaban J connectivity index is 1.48. The molecule has 0 radical (unpaired) electrons. The van der Waals surface area contributed by atoms with Crippen LogP contribution in [0.2, 0.25) is 0 Å². The molecule has 2 heterocycles. The Bertz CT molecular complexity index is 1030. The van der Waals surface area contributed by atoms with Crippen molar-refractivity contribution in [3.63, 3.8) is 0 Å². The van der Waals surface area contributed by atoms with Crippen LogP contribution in [-0.4, -0.2) is 16.2 Å². The number of para-hydroxylation sites is 2. The van der Waals surface area contributed by atoms with Crippen LogP contribution in [-0.2, 0) is 13.0 Å². The maximum atomic E-state index is 6.04. The fourth-order valence-electron chi connectivity index (χ4n) is 3.35. The average Bonchev–Trinajstić information content (AvgIpc) is 3.30. The molecule has 27 heavy (non-hydrogen) atoms. The van der Waals surface area contributed by atoms with E-state index >= 15 is 0 Å². The number of fused-ring (bicyclic) bond motifs is 1. The van der Waals surface area contributed by atoms with Crippen LogP contribution in [0.15, 0.2) is 60.0 Å². The van der Waals surface area contributed by atoms with Gasteiger partial charge in [-0.3, -0.25) is 0 Å². The summed E-state index contributed by atoms with van der Waals surface area (Å²) >= 11 is 1.79. The second kappa shape index (κ2) is 7.97. The number of imidazole rings is 1. The van der Waals surface area contributed by atoms with Crippen molar-refractivity contribution in [2.75, 3.05) is 6.61 Å². The van der Waals surface area contributed by atoms with E-state index in [0.29, 0.717) is 6.61 Å². The van der Waals surface area contributed by atoms with E-state index in [0.717, 1.165) is 36.5 Å². The van der Waals surface area contributed by atoms with Crippen LogP contribution >= 0.6 is 11.3 Å². The minimum absolute atomic E-state index is 0.704. The number of aromatic nitrogens is 2. The maximum Gasteiger partial charge on any atom is 0.122 e. The molecular formula is C23H24N2OS. The standard InChI is InChI=1S/C23H24N2OS/c1-17-10-11-18(2)22(15-17)26-13-6-12-25-21-9-4-3-8-20(21)24-23(25)16-19-7-5-14-27-19/h3-5,7-11,14-15H,6,12-13,16H2,1-2H3. The highest BCUT2D eigenvalue weighted by Gasteiger charge is 2.11. The van der Waals surface area contributed by atoms with Gasteiger partial charge in [-0.15, -0.1) is 11.3 Å². The van der Waals surface area contributed by atoms with Crippen molar-refractivity contribution in [2.24, 2.45) is 0 Å². The molecular weight excluding hydrogens is 352 g/mol. The monoisotopic (exact) mass is 376 g/mol. The molecule has 0 aliphatic carbocycles. The highest BCUT2D eigenvalue weighted by atomic mass is 32.1. The van der Waals surface area contributed by atoms with Gasteiger partial charge in [0.25, 0.3) is 0 Å². The maximum absolute atomic E-state index is 6.04. The van der Waals surface area contributed by atoms with Crippen molar-refractivity contribution in [1.29, 1.82) is 0 Å². The van der Waals surface area contributed by atoms with Gasteiger partial charge in [-0.25, -0.2) is 4.98 Å². The van der Waals surface area contributed by atoms with Gasteiger partial charge in [0.1, 0.15) is 11.6 Å². The van der Waals surface area contributed by atoms with Crippen molar-refractivity contribution in [3.8, 4) is 5.75 Å². The molecule has 0 unspecified atom stereocenters. The Morgan fingerprint density at radius 1 is 1.04 bits per heavy atom. The zero-order valence-electron chi connectivity index (χ0n) is 15.8. The van der Waals surface area contributed by atoms with E-state index in [1.165, 1.54) is 21.5 Å². The zero-order chi connectivity index (χ0) is 18.6.